The molecule has 0 aromatic carbocycles. The van der Waals surface area contributed by atoms with Gasteiger partial charge < -0.3 is 15.0 Å². The number of carbonyl (C=O) groups is 1. The number of hydrogen-bond donors (Lipinski definition) is 2. The third-order valence-electron chi connectivity index (χ3n) is 7.77. The fourth-order valence-electron chi connectivity index (χ4n) is 5.46. The van der Waals surface area contributed by atoms with Gasteiger partial charge in [-0.15, -0.1) is 11.3 Å². The summed E-state index contributed by atoms with van der Waals surface area (Å²) >= 11 is 1.17. The van der Waals surface area contributed by atoms with Crippen LogP contribution in [0.25, 0.3) is 22.5 Å². The van der Waals surface area contributed by atoms with Gasteiger partial charge >= 0.3 is 6.09 Å². The van der Waals surface area contributed by atoms with Crippen LogP contribution >= 0.6 is 11.3 Å². The normalized spacial score (nSPS) is 16.2. The third-order valence-corrected chi connectivity index (χ3v) is 11.1. The van der Waals surface area contributed by atoms with E-state index in [-0.39, 0.29) is 16.3 Å². The fraction of sp³-hybridized carbons (Fsp3) is 0.467. The Morgan fingerprint density at radius 1 is 1.18 bits per heavy atom. The first-order chi connectivity index (χ1) is 20.8. The molecule has 5 heterocycles. The summed E-state index contributed by atoms with van der Waals surface area (Å²) in [5.74, 6) is 0.480. The van der Waals surface area contributed by atoms with Gasteiger partial charge in [-0.05, 0) is 71.1 Å². The van der Waals surface area contributed by atoms with Crippen LogP contribution in [0.3, 0.4) is 0 Å². The molecule has 2 N–H and O–H groups in total. The van der Waals surface area contributed by atoms with Crippen molar-refractivity contribution in [3.8, 4) is 11.3 Å². The van der Waals surface area contributed by atoms with Crippen molar-refractivity contribution in [2.75, 3.05) is 18.4 Å². The lowest BCUT2D eigenvalue weighted by atomic mass is 9.94. The van der Waals surface area contributed by atoms with Gasteiger partial charge in [-0.1, -0.05) is 12.5 Å². The number of aryl methyl sites for hydroxylation is 3. The Morgan fingerprint density at radius 3 is 2.61 bits per heavy atom. The molecule has 44 heavy (non-hydrogen) atoms. The van der Waals surface area contributed by atoms with Crippen molar-refractivity contribution in [1.82, 2.24) is 33.8 Å². The second-order valence-electron chi connectivity index (χ2n) is 12.5. The van der Waals surface area contributed by atoms with E-state index in [4.69, 9.17) is 14.7 Å². The Labute approximate surface area is 261 Å². The lowest BCUT2D eigenvalue weighted by Crippen LogP contribution is -2.39. The largest absolute Gasteiger partial charge is 0.444 e. The molecule has 1 saturated carbocycles. The van der Waals surface area contributed by atoms with Crippen LogP contribution in [0, 0.1) is 13.8 Å². The zero-order valence-electron chi connectivity index (χ0n) is 25.8. The highest BCUT2D eigenvalue weighted by Gasteiger charge is 2.29. The van der Waals surface area contributed by atoms with Gasteiger partial charge in [-0.25, -0.2) is 27.9 Å². The van der Waals surface area contributed by atoms with Crippen molar-refractivity contribution in [3.63, 3.8) is 0 Å². The highest BCUT2D eigenvalue weighted by Crippen LogP contribution is 2.36. The molecule has 4 aromatic rings. The second-order valence-corrected chi connectivity index (χ2v) is 15.4. The van der Waals surface area contributed by atoms with E-state index in [1.54, 1.807) is 28.9 Å². The maximum Gasteiger partial charge on any atom is 0.410 e. The van der Waals surface area contributed by atoms with Crippen molar-refractivity contribution in [2.45, 2.75) is 76.2 Å². The van der Waals surface area contributed by atoms with Crippen molar-refractivity contribution in [1.29, 1.82) is 0 Å². The van der Waals surface area contributed by atoms with Gasteiger partial charge in [0, 0.05) is 37.1 Å². The Kier molecular flexibility index (Phi) is 7.79. The first-order valence-electron chi connectivity index (χ1n) is 14.7. The maximum absolute atomic E-state index is 13.2. The van der Waals surface area contributed by atoms with E-state index in [0.29, 0.717) is 47.2 Å². The molecule has 1 fully saturated rings. The van der Waals surface area contributed by atoms with Crippen LogP contribution < -0.4 is 10.0 Å². The molecule has 2 aliphatic rings. The van der Waals surface area contributed by atoms with Gasteiger partial charge in [0.2, 0.25) is 0 Å². The predicted octanol–water partition coefficient (Wildman–Crippen LogP) is 5.41. The average Bonchev–Trinajstić information content (AvgIpc) is 3.65. The third kappa shape index (κ3) is 5.97. The molecule has 0 bridgehead atoms. The Morgan fingerprint density at radius 2 is 1.95 bits per heavy atom. The number of anilines is 2. The van der Waals surface area contributed by atoms with Crippen LogP contribution in [0.1, 0.15) is 63.4 Å². The number of ether oxygens (including phenoxy) is 1. The van der Waals surface area contributed by atoms with Crippen molar-refractivity contribution >= 4 is 49.5 Å². The van der Waals surface area contributed by atoms with Crippen LogP contribution in [-0.2, 0) is 21.8 Å². The molecular weight excluding hydrogens is 601 g/mol. The van der Waals surface area contributed by atoms with Crippen molar-refractivity contribution < 1.29 is 17.9 Å². The number of nitrogens with one attached hydrogen (secondary N) is 2. The van der Waals surface area contributed by atoms with Crippen molar-refractivity contribution in [3.05, 3.63) is 47.7 Å². The minimum atomic E-state index is -3.63. The summed E-state index contributed by atoms with van der Waals surface area (Å²) in [5, 5.41) is 8.37. The van der Waals surface area contributed by atoms with Gasteiger partial charge in [-0.3, -0.25) is 9.08 Å². The lowest BCUT2D eigenvalue weighted by molar-refractivity contribution is 0.0273. The summed E-state index contributed by atoms with van der Waals surface area (Å²) < 4.78 is 38.9. The average molecular weight is 639 g/mol. The lowest BCUT2D eigenvalue weighted by Gasteiger charge is -2.30. The predicted molar refractivity (Wildman–Crippen MR) is 171 cm³/mol. The van der Waals surface area contributed by atoms with E-state index in [0.717, 1.165) is 41.8 Å². The van der Waals surface area contributed by atoms with Gasteiger partial charge in [0.15, 0.2) is 11.5 Å². The zero-order chi connectivity index (χ0) is 31.4. The van der Waals surface area contributed by atoms with Gasteiger partial charge in [0.1, 0.15) is 9.81 Å². The maximum atomic E-state index is 13.2. The Bertz CT molecular complexity index is 1880. The summed E-state index contributed by atoms with van der Waals surface area (Å²) in [6.07, 6.45) is 10.7. The summed E-state index contributed by atoms with van der Waals surface area (Å²) in [4.78, 5) is 24.5. The van der Waals surface area contributed by atoms with E-state index in [1.807, 2.05) is 51.4 Å². The number of rotatable bonds is 7. The molecule has 1 aliphatic carbocycles. The van der Waals surface area contributed by atoms with Gasteiger partial charge in [0.05, 0.1) is 35.3 Å². The number of thiophene rings is 1. The van der Waals surface area contributed by atoms with Crippen LogP contribution in [0.5, 0.6) is 0 Å². The van der Waals surface area contributed by atoms with Crippen LogP contribution in [-0.4, -0.2) is 68.3 Å². The van der Waals surface area contributed by atoms with Crippen LogP contribution in [0.2, 0.25) is 0 Å². The fourth-order valence-corrected chi connectivity index (χ4v) is 8.38. The second kappa shape index (κ2) is 11.3. The number of amides is 1. The Balaban J connectivity index is 1.41. The number of imidazole rings is 1. The summed E-state index contributed by atoms with van der Waals surface area (Å²) in [5.41, 5.74) is 4.85. The topological polar surface area (TPSA) is 136 Å². The summed E-state index contributed by atoms with van der Waals surface area (Å²) in [6.45, 7) is 10.3. The minimum Gasteiger partial charge on any atom is -0.444 e. The molecule has 12 nitrogen and oxygen atoms in total. The molecule has 1 amide bonds. The minimum absolute atomic E-state index is 0.00122. The van der Waals surface area contributed by atoms with Crippen LogP contribution in [0.15, 0.2) is 34.9 Å². The Hall–Kier alpha value is -3.75. The molecule has 0 atom stereocenters. The molecular formula is C30H38N8O4S2. The van der Waals surface area contributed by atoms with Gasteiger partial charge in [0.25, 0.3) is 10.0 Å². The summed E-state index contributed by atoms with van der Waals surface area (Å²) in [6, 6.07) is 1.82. The zero-order valence-corrected chi connectivity index (χ0v) is 27.5. The quantitative estimate of drug-likeness (QED) is 0.275. The first-order valence-corrected chi connectivity index (χ1v) is 17.0. The standard InChI is InChI=1S/C30H38N8O4S2/c1-18-13-24(43-28(18)44(40,41)35-22-10-7-11-22)33-26-27-31-15-23(21-14-32-36(6)16-21)38(27)19(2)25(34-26)20-9-8-12-37(17-20)29(39)42-30(3,4)5/h9,13-16,22,35H,7-8,10-12,17H2,1-6H3,(H,33,34). The number of aromatic nitrogens is 5. The summed E-state index contributed by atoms with van der Waals surface area (Å²) in [7, 11) is -1.77. The number of fused-ring (bicyclic) bond motifs is 1. The first kappa shape index (κ1) is 30.3. The molecule has 4 aromatic heterocycles. The molecule has 234 valence electrons. The monoisotopic (exact) mass is 638 g/mol. The molecule has 14 heteroatoms. The molecule has 6 rings (SSSR count). The number of carbonyl (C=O) groups excluding carboxylic acids is 1. The SMILES string of the molecule is Cc1cc(Nc2nc(C3=CCCN(C(=O)OC(C)(C)C)C3)c(C)n3c(-c4cnn(C)c4)cnc23)sc1S(=O)(=O)NC1CCC1. The highest BCUT2D eigenvalue weighted by atomic mass is 32.2. The van der Waals surface area contributed by atoms with E-state index in [2.05, 4.69) is 21.2 Å². The molecule has 0 radical (unpaired) electrons. The highest BCUT2D eigenvalue weighted by molar-refractivity contribution is 7.91. The number of sulfonamides is 1. The molecule has 0 spiro atoms. The number of hydrogen-bond acceptors (Lipinski definition) is 9. The van der Waals surface area contributed by atoms with E-state index >= 15 is 0 Å². The molecule has 0 saturated heterocycles. The van der Waals surface area contributed by atoms with E-state index < -0.39 is 15.6 Å². The van der Waals surface area contributed by atoms with E-state index in [9.17, 15) is 13.2 Å². The van der Waals surface area contributed by atoms with Crippen LogP contribution in [0.4, 0.5) is 15.6 Å². The van der Waals surface area contributed by atoms with Gasteiger partial charge in [-0.2, -0.15) is 5.10 Å². The molecule has 0 unspecified atom stereocenters. The smallest absolute Gasteiger partial charge is 0.410 e. The molecule has 1 aliphatic heterocycles. The number of nitrogens with zero attached hydrogens (tertiary/aromatic N) is 6. The van der Waals surface area contributed by atoms with E-state index in [1.165, 1.54) is 11.3 Å². The van der Waals surface area contributed by atoms with Crippen molar-refractivity contribution in [2.24, 2.45) is 7.05 Å².